The van der Waals surface area contributed by atoms with Gasteiger partial charge >= 0.3 is 6.18 Å². The monoisotopic (exact) mass is 582 g/mol. The second-order valence-corrected chi connectivity index (χ2v) is 12.1. The van der Waals surface area contributed by atoms with Gasteiger partial charge in [0.1, 0.15) is 12.4 Å². The predicted octanol–water partition coefficient (Wildman–Crippen LogP) is 4.84. The topological polar surface area (TPSA) is 96.9 Å². The number of rotatable bonds is 9. The minimum Gasteiger partial charge on any atom is -0.489 e. The van der Waals surface area contributed by atoms with Gasteiger partial charge in [0.15, 0.2) is 9.84 Å². The van der Waals surface area contributed by atoms with Crippen LogP contribution in [0.4, 0.5) is 24.5 Å². The quantitative estimate of drug-likeness (QED) is 0.311. The minimum atomic E-state index is -4.40. The Kier molecular flexibility index (Phi) is 9.27. The number of anilines is 2. The maximum absolute atomic E-state index is 13.5. The molecule has 0 spiro atoms. The molecule has 0 amide bonds. The summed E-state index contributed by atoms with van der Waals surface area (Å²) in [5.74, 6) is 6.01. The fourth-order valence-electron chi connectivity index (χ4n) is 4.24. The van der Waals surface area contributed by atoms with Crippen molar-refractivity contribution in [1.82, 2.24) is 0 Å². The third-order valence-corrected chi connectivity index (χ3v) is 8.38. The number of nitrogens with one attached hydrogen (secondary N) is 2. The molecule has 210 valence electrons. The Morgan fingerprint density at radius 1 is 1.18 bits per heavy atom. The van der Waals surface area contributed by atoms with Crippen molar-refractivity contribution in [2.75, 3.05) is 49.9 Å². The van der Waals surface area contributed by atoms with E-state index >= 15 is 0 Å². The fraction of sp³-hybridized carbons (Fsp3) is 0.407. The van der Waals surface area contributed by atoms with E-state index in [-0.39, 0.29) is 42.0 Å². The van der Waals surface area contributed by atoms with E-state index in [4.69, 9.17) is 14.6 Å². The van der Waals surface area contributed by atoms with E-state index in [0.717, 1.165) is 29.5 Å². The molecule has 0 radical (unpaired) electrons. The van der Waals surface area contributed by atoms with Crippen LogP contribution in [-0.2, 0) is 21.0 Å². The summed E-state index contributed by atoms with van der Waals surface area (Å²) in [6.45, 7) is 1.05. The lowest BCUT2D eigenvalue weighted by Crippen LogP contribution is -2.27. The van der Waals surface area contributed by atoms with Crippen LogP contribution < -0.4 is 15.4 Å². The number of aliphatic hydroxyl groups is 1. The molecule has 0 saturated carbocycles. The molecule has 3 N–H and O–H groups in total. The summed E-state index contributed by atoms with van der Waals surface area (Å²) < 4.78 is 75.9. The van der Waals surface area contributed by atoms with Crippen LogP contribution in [0.3, 0.4) is 0 Å². The zero-order valence-corrected chi connectivity index (χ0v) is 22.9. The van der Waals surface area contributed by atoms with Crippen molar-refractivity contribution in [3.8, 4) is 17.6 Å². The average Bonchev–Trinajstić information content (AvgIpc) is 3.22. The van der Waals surface area contributed by atoms with Gasteiger partial charge in [0, 0.05) is 31.6 Å². The third kappa shape index (κ3) is 7.79. The minimum absolute atomic E-state index is 0.0413. The van der Waals surface area contributed by atoms with E-state index in [9.17, 15) is 21.6 Å². The molecule has 12 heteroatoms. The Morgan fingerprint density at radius 2 is 1.95 bits per heavy atom. The van der Waals surface area contributed by atoms with Crippen LogP contribution in [0.25, 0.3) is 10.1 Å². The normalized spacial score (nSPS) is 14.6. The number of benzene rings is 2. The SMILES string of the molecule is CS(=O)(=O)c1ccc(NCC#Cc2sc3c(NC4CCOCC4)cccc3c2CC(F)(F)F)c(OCCO)c1. The summed E-state index contributed by atoms with van der Waals surface area (Å²) in [6.07, 6.45) is -2.76. The molecule has 0 unspecified atom stereocenters. The Balaban J connectivity index is 1.60. The molecule has 4 rings (SSSR count). The van der Waals surface area contributed by atoms with E-state index in [1.807, 2.05) is 6.07 Å². The molecule has 7 nitrogen and oxygen atoms in total. The van der Waals surface area contributed by atoms with Gasteiger partial charge in [-0.25, -0.2) is 8.42 Å². The van der Waals surface area contributed by atoms with Crippen molar-refractivity contribution in [2.24, 2.45) is 0 Å². The number of thiophene rings is 1. The van der Waals surface area contributed by atoms with E-state index in [1.54, 1.807) is 12.1 Å². The van der Waals surface area contributed by atoms with Gasteiger partial charge in [-0.05, 0) is 42.0 Å². The van der Waals surface area contributed by atoms with E-state index < -0.39 is 22.4 Å². The maximum atomic E-state index is 13.5. The van der Waals surface area contributed by atoms with Crippen molar-refractivity contribution in [3.05, 3.63) is 46.8 Å². The first-order valence-electron chi connectivity index (χ1n) is 12.3. The number of alkyl halides is 3. The number of fused-ring (bicyclic) bond motifs is 1. The van der Waals surface area contributed by atoms with Crippen molar-refractivity contribution >= 4 is 42.6 Å². The lowest BCUT2D eigenvalue weighted by Gasteiger charge is -2.24. The predicted molar refractivity (Wildman–Crippen MR) is 147 cm³/mol. The molecular weight excluding hydrogens is 553 g/mol. The van der Waals surface area contributed by atoms with Gasteiger partial charge in [-0.1, -0.05) is 24.0 Å². The first-order chi connectivity index (χ1) is 18.5. The molecule has 2 aromatic carbocycles. The van der Waals surface area contributed by atoms with E-state index in [0.29, 0.717) is 29.2 Å². The van der Waals surface area contributed by atoms with Crippen LogP contribution >= 0.6 is 11.3 Å². The van der Waals surface area contributed by atoms with Crippen LogP contribution in [-0.4, -0.2) is 65.0 Å². The lowest BCUT2D eigenvalue weighted by molar-refractivity contribution is -0.126. The summed E-state index contributed by atoms with van der Waals surface area (Å²) in [7, 11) is -3.47. The Morgan fingerprint density at radius 3 is 2.64 bits per heavy atom. The van der Waals surface area contributed by atoms with Crippen molar-refractivity contribution in [1.29, 1.82) is 0 Å². The molecule has 1 saturated heterocycles. The van der Waals surface area contributed by atoms with Crippen molar-refractivity contribution in [2.45, 2.75) is 36.4 Å². The maximum Gasteiger partial charge on any atom is 0.393 e. The summed E-state index contributed by atoms with van der Waals surface area (Å²) in [5, 5.41) is 16.1. The van der Waals surface area contributed by atoms with Gasteiger partial charge in [0.25, 0.3) is 0 Å². The van der Waals surface area contributed by atoms with Gasteiger partial charge in [-0.15, -0.1) is 11.3 Å². The molecule has 1 aliphatic rings. The first kappa shape index (κ1) is 29.0. The largest absolute Gasteiger partial charge is 0.489 e. The highest BCUT2D eigenvalue weighted by molar-refractivity contribution is 7.90. The highest BCUT2D eigenvalue weighted by atomic mass is 32.2. The van der Waals surface area contributed by atoms with Gasteiger partial charge in [0.2, 0.25) is 0 Å². The molecule has 3 aromatic rings. The van der Waals surface area contributed by atoms with Crippen LogP contribution in [0, 0.1) is 11.8 Å². The number of hydrogen-bond acceptors (Lipinski definition) is 8. The molecule has 1 aromatic heterocycles. The Labute approximate surface area is 229 Å². The molecule has 2 heterocycles. The average molecular weight is 583 g/mol. The molecule has 0 atom stereocenters. The van der Waals surface area contributed by atoms with Crippen molar-refractivity contribution in [3.63, 3.8) is 0 Å². The van der Waals surface area contributed by atoms with Crippen LogP contribution in [0.15, 0.2) is 41.3 Å². The smallest absolute Gasteiger partial charge is 0.393 e. The Hall–Kier alpha value is -2.98. The van der Waals surface area contributed by atoms with Crippen LogP contribution in [0.1, 0.15) is 23.3 Å². The summed E-state index contributed by atoms with van der Waals surface area (Å²) in [5.41, 5.74) is 1.38. The molecule has 0 aliphatic carbocycles. The van der Waals surface area contributed by atoms with E-state index in [1.165, 1.54) is 29.5 Å². The number of sulfone groups is 1. The first-order valence-corrected chi connectivity index (χ1v) is 15.0. The van der Waals surface area contributed by atoms with E-state index in [2.05, 4.69) is 22.5 Å². The van der Waals surface area contributed by atoms with Crippen LogP contribution in [0.5, 0.6) is 5.75 Å². The number of halogens is 3. The summed E-state index contributed by atoms with van der Waals surface area (Å²) in [4.78, 5) is 0.397. The zero-order chi connectivity index (χ0) is 28.0. The summed E-state index contributed by atoms with van der Waals surface area (Å²) >= 11 is 1.23. The van der Waals surface area contributed by atoms with Crippen molar-refractivity contribution < 1.29 is 36.2 Å². The second-order valence-electron chi connectivity index (χ2n) is 9.07. The standard InChI is InChI=1S/C27H29F3N2O5S2/c1-39(34,35)19-7-8-22(24(16-19)37-15-12-33)31-11-3-6-25-21(17-27(28,29)30)20-4-2-5-23(26(20)38-25)32-18-9-13-36-14-10-18/h2,4-5,7-8,16,18,31-33H,9-15,17H2,1H3. The number of hydrogen-bond donors (Lipinski definition) is 3. The fourth-order valence-corrected chi connectivity index (χ4v) is 6.05. The van der Waals surface area contributed by atoms with Gasteiger partial charge in [0.05, 0.1) is 45.4 Å². The molecule has 1 aliphatic heterocycles. The summed E-state index contributed by atoms with van der Waals surface area (Å²) in [6, 6.07) is 9.79. The molecule has 0 bridgehead atoms. The second kappa shape index (κ2) is 12.5. The van der Waals surface area contributed by atoms with Gasteiger partial charge in [-0.3, -0.25) is 0 Å². The molecular formula is C27H29F3N2O5S2. The third-order valence-electron chi connectivity index (χ3n) is 6.08. The number of aliphatic hydroxyl groups excluding tert-OH is 1. The number of ether oxygens (including phenoxy) is 2. The highest BCUT2D eigenvalue weighted by Gasteiger charge is 2.31. The molecule has 1 fully saturated rings. The Bertz CT molecular complexity index is 1470. The lowest BCUT2D eigenvalue weighted by atomic mass is 10.1. The zero-order valence-electron chi connectivity index (χ0n) is 21.2. The van der Waals surface area contributed by atoms with Gasteiger partial charge in [-0.2, -0.15) is 13.2 Å². The highest BCUT2D eigenvalue weighted by Crippen LogP contribution is 2.39. The molecule has 39 heavy (non-hydrogen) atoms. The van der Waals surface area contributed by atoms with Gasteiger partial charge < -0.3 is 25.2 Å². The van der Waals surface area contributed by atoms with Crippen LogP contribution in [0.2, 0.25) is 0 Å².